The molecule has 0 aliphatic carbocycles. The number of anilines is 2. The van der Waals surface area contributed by atoms with Crippen molar-refractivity contribution in [3.05, 3.63) is 65.0 Å². The molecule has 28 heavy (non-hydrogen) atoms. The second-order valence-corrected chi connectivity index (χ2v) is 6.45. The van der Waals surface area contributed by atoms with E-state index < -0.39 is 35.8 Å². The fourth-order valence-corrected chi connectivity index (χ4v) is 3.30. The van der Waals surface area contributed by atoms with Crippen LogP contribution in [-0.2, 0) is 11.0 Å². The van der Waals surface area contributed by atoms with Crippen LogP contribution < -0.4 is 10.6 Å². The van der Waals surface area contributed by atoms with Gasteiger partial charge in [-0.15, -0.1) is 11.3 Å². The van der Waals surface area contributed by atoms with Crippen LogP contribution in [0.3, 0.4) is 0 Å². The average Bonchev–Trinajstić information content (AvgIpc) is 3.10. The maximum atomic E-state index is 14.0. The lowest BCUT2D eigenvalue weighted by Crippen LogP contribution is -2.32. The van der Waals surface area contributed by atoms with Gasteiger partial charge >= 0.3 is 6.18 Å². The summed E-state index contributed by atoms with van der Waals surface area (Å²) >= 11 is 0.969. The number of hydrogen-bond acceptors (Lipinski definition) is 4. The lowest BCUT2D eigenvalue weighted by atomic mass is 10.1. The van der Waals surface area contributed by atoms with E-state index in [1.807, 2.05) is 0 Å². The predicted octanol–water partition coefficient (Wildman–Crippen LogP) is 4.73. The van der Waals surface area contributed by atoms with Crippen LogP contribution in [0.2, 0.25) is 0 Å². The fraction of sp³-hybridized carbons (Fsp3) is 0.111. The number of thiazole rings is 1. The maximum absolute atomic E-state index is 14.0. The third-order valence-electron chi connectivity index (χ3n) is 3.77. The standard InChI is InChI=1S/C18H12F5N3OS/c19-11-3-6-13(14(20)7-11)15-9-28-17(25-15)26(16(27)8-24)12-4-1-10(2-5-12)18(21,22)23/h1-7,9H,8,24H2. The van der Waals surface area contributed by atoms with Gasteiger partial charge in [-0.05, 0) is 36.4 Å². The maximum Gasteiger partial charge on any atom is 0.416 e. The molecule has 2 aromatic carbocycles. The highest BCUT2D eigenvalue weighted by atomic mass is 32.1. The molecule has 0 unspecified atom stereocenters. The van der Waals surface area contributed by atoms with E-state index in [-0.39, 0.29) is 22.1 Å². The van der Waals surface area contributed by atoms with Gasteiger partial charge in [0, 0.05) is 17.0 Å². The lowest BCUT2D eigenvalue weighted by molar-refractivity contribution is -0.137. The van der Waals surface area contributed by atoms with Crippen LogP contribution in [0.4, 0.5) is 32.8 Å². The summed E-state index contributed by atoms with van der Waals surface area (Å²) in [5, 5.41) is 1.54. The Bertz CT molecular complexity index is 1000. The number of aromatic nitrogens is 1. The number of hydrogen-bond donors (Lipinski definition) is 1. The molecule has 0 saturated carbocycles. The van der Waals surface area contributed by atoms with Gasteiger partial charge in [0.05, 0.1) is 23.5 Å². The Kier molecular flexibility index (Phi) is 5.43. The van der Waals surface area contributed by atoms with E-state index in [9.17, 15) is 26.7 Å². The van der Waals surface area contributed by atoms with Gasteiger partial charge in [0.25, 0.3) is 0 Å². The molecule has 3 aromatic rings. The van der Waals surface area contributed by atoms with Crippen LogP contribution in [0, 0.1) is 11.6 Å². The van der Waals surface area contributed by atoms with Crippen molar-refractivity contribution >= 4 is 28.1 Å². The number of rotatable bonds is 4. The van der Waals surface area contributed by atoms with Crippen LogP contribution in [0.1, 0.15) is 5.56 Å². The molecule has 3 rings (SSSR count). The third-order valence-corrected chi connectivity index (χ3v) is 4.59. The summed E-state index contributed by atoms with van der Waals surface area (Å²) in [7, 11) is 0. The number of carbonyl (C=O) groups excluding carboxylic acids is 1. The van der Waals surface area contributed by atoms with Crippen LogP contribution in [0.25, 0.3) is 11.3 Å². The monoisotopic (exact) mass is 413 g/mol. The van der Waals surface area contributed by atoms with Gasteiger partial charge in [0.15, 0.2) is 5.13 Å². The van der Waals surface area contributed by atoms with Gasteiger partial charge in [0.1, 0.15) is 11.6 Å². The molecule has 4 nitrogen and oxygen atoms in total. The topological polar surface area (TPSA) is 59.2 Å². The van der Waals surface area contributed by atoms with Crippen molar-refractivity contribution in [2.24, 2.45) is 5.73 Å². The quantitative estimate of drug-likeness (QED) is 0.629. The first-order valence-corrected chi connectivity index (χ1v) is 8.70. The Morgan fingerprint density at radius 1 is 1.11 bits per heavy atom. The third kappa shape index (κ3) is 4.02. The molecular formula is C18H12F5N3OS. The summed E-state index contributed by atoms with van der Waals surface area (Å²) in [5.74, 6) is -2.19. The van der Waals surface area contributed by atoms with Crippen molar-refractivity contribution in [3.63, 3.8) is 0 Å². The van der Waals surface area contributed by atoms with E-state index in [1.165, 1.54) is 11.4 Å². The Hall–Kier alpha value is -2.85. The van der Waals surface area contributed by atoms with Gasteiger partial charge in [-0.1, -0.05) is 0 Å². The van der Waals surface area contributed by atoms with Gasteiger partial charge in [-0.3, -0.25) is 9.69 Å². The normalized spacial score (nSPS) is 11.5. The minimum Gasteiger partial charge on any atom is -0.322 e. The first kappa shape index (κ1) is 19.9. The number of amides is 1. The average molecular weight is 413 g/mol. The number of halogens is 5. The largest absolute Gasteiger partial charge is 0.416 e. The number of nitrogens with two attached hydrogens (primary N) is 1. The summed E-state index contributed by atoms with van der Waals surface area (Å²) in [6.07, 6.45) is -4.52. The van der Waals surface area contributed by atoms with Crippen molar-refractivity contribution in [2.45, 2.75) is 6.18 Å². The minimum absolute atomic E-state index is 0.0245. The molecule has 0 aliphatic rings. The molecule has 0 aliphatic heterocycles. The second kappa shape index (κ2) is 7.64. The Morgan fingerprint density at radius 3 is 2.36 bits per heavy atom. The molecule has 0 bridgehead atoms. The molecule has 2 N–H and O–H groups in total. The van der Waals surface area contributed by atoms with Crippen LogP contribution in [0.5, 0.6) is 0 Å². The Morgan fingerprint density at radius 2 is 1.79 bits per heavy atom. The number of alkyl halides is 3. The highest BCUT2D eigenvalue weighted by Gasteiger charge is 2.31. The zero-order valence-corrected chi connectivity index (χ0v) is 14.8. The molecule has 1 aromatic heterocycles. The van der Waals surface area contributed by atoms with Crippen LogP contribution in [0.15, 0.2) is 47.8 Å². The fourth-order valence-electron chi connectivity index (χ4n) is 2.44. The number of carbonyl (C=O) groups is 1. The summed E-state index contributed by atoms with van der Waals surface area (Å²) in [6.45, 7) is -0.416. The van der Waals surface area contributed by atoms with Crippen molar-refractivity contribution in [1.82, 2.24) is 4.98 Å². The minimum atomic E-state index is -4.52. The predicted molar refractivity (Wildman–Crippen MR) is 95.1 cm³/mol. The van der Waals surface area contributed by atoms with E-state index in [0.717, 1.165) is 46.6 Å². The summed E-state index contributed by atoms with van der Waals surface area (Å²) in [6, 6.07) is 6.88. The molecule has 10 heteroatoms. The first-order chi connectivity index (χ1) is 13.2. The van der Waals surface area contributed by atoms with Crippen LogP contribution in [-0.4, -0.2) is 17.4 Å². The molecule has 0 radical (unpaired) electrons. The molecule has 0 atom stereocenters. The van der Waals surface area contributed by atoms with E-state index in [4.69, 9.17) is 5.73 Å². The highest BCUT2D eigenvalue weighted by molar-refractivity contribution is 7.14. The number of nitrogens with zero attached hydrogens (tertiary/aromatic N) is 2. The molecule has 0 saturated heterocycles. The molecule has 146 valence electrons. The van der Waals surface area contributed by atoms with E-state index in [2.05, 4.69) is 4.98 Å². The van der Waals surface area contributed by atoms with E-state index in [0.29, 0.717) is 6.07 Å². The van der Waals surface area contributed by atoms with Crippen molar-refractivity contribution in [3.8, 4) is 11.3 Å². The van der Waals surface area contributed by atoms with Gasteiger partial charge in [-0.25, -0.2) is 13.8 Å². The lowest BCUT2D eigenvalue weighted by Gasteiger charge is -2.20. The smallest absolute Gasteiger partial charge is 0.322 e. The molecule has 1 amide bonds. The van der Waals surface area contributed by atoms with E-state index >= 15 is 0 Å². The summed E-state index contributed by atoms with van der Waals surface area (Å²) in [5.41, 5.74) is 4.84. The molecule has 0 spiro atoms. The highest BCUT2D eigenvalue weighted by Crippen LogP contribution is 2.35. The Labute approximate surface area is 160 Å². The summed E-state index contributed by atoms with van der Waals surface area (Å²) < 4.78 is 65.3. The molecule has 0 fully saturated rings. The van der Waals surface area contributed by atoms with Crippen LogP contribution >= 0.6 is 11.3 Å². The zero-order chi connectivity index (χ0) is 20.5. The second-order valence-electron chi connectivity index (χ2n) is 5.62. The van der Waals surface area contributed by atoms with Crippen molar-refractivity contribution in [2.75, 3.05) is 11.4 Å². The van der Waals surface area contributed by atoms with Crippen molar-refractivity contribution in [1.29, 1.82) is 0 Å². The molecular weight excluding hydrogens is 401 g/mol. The summed E-state index contributed by atoms with van der Waals surface area (Å²) in [4.78, 5) is 17.5. The molecule has 1 heterocycles. The zero-order valence-electron chi connectivity index (χ0n) is 14.0. The Balaban J connectivity index is 2.00. The SMILES string of the molecule is NCC(=O)N(c1ccc(C(F)(F)F)cc1)c1nc(-c2ccc(F)cc2F)cs1. The first-order valence-electron chi connectivity index (χ1n) is 7.82. The number of benzene rings is 2. The van der Waals surface area contributed by atoms with Gasteiger partial charge in [0.2, 0.25) is 5.91 Å². The van der Waals surface area contributed by atoms with Crippen molar-refractivity contribution < 1.29 is 26.7 Å². The van der Waals surface area contributed by atoms with Gasteiger partial charge < -0.3 is 5.73 Å². The van der Waals surface area contributed by atoms with E-state index in [1.54, 1.807) is 0 Å². The van der Waals surface area contributed by atoms with Gasteiger partial charge in [-0.2, -0.15) is 13.2 Å².